The van der Waals surface area contributed by atoms with Gasteiger partial charge in [0.1, 0.15) is 5.82 Å². The molecule has 1 saturated heterocycles. The minimum absolute atomic E-state index is 0.00398. The monoisotopic (exact) mass is 380 g/mol. The summed E-state index contributed by atoms with van der Waals surface area (Å²) in [6.45, 7) is 2.30. The van der Waals surface area contributed by atoms with E-state index in [-0.39, 0.29) is 16.6 Å². The molecule has 2 aromatic carbocycles. The lowest BCUT2D eigenvalue weighted by Gasteiger charge is -2.28. The minimum atomic E-state index is -0.620. The molecule has 1 aliphatic heterocycles. The number of amides is 1. The predicted octanol–water partition coefficient (Wildman–Crippen LogP) is 4.70. The molecule has 2 aromatic rings. The maximum Gasteiger partial charge on any atom is 0.255 e. The van der Waals surface area contributed by atoms with Gasteiger partial charge in [-0.25, -0.2) is 4.39 Å². The zero-order chi connectivity index (χ0) is 17.8. The first-order chi connectivity index (χ1) is 12.1. The summed E-state index contributed by atoms with van der Waals surface area (Å²) in [5.41, 5.74) is 0.921. The van der Waals surface area contributed by atoms with Crippen molar-refractivity contribution >= 4 is 29.1 Å². The van der Waals surface area contributed by atoms with Crippen LogP contribution in [0.3, 0.4) is 0 Å². The molecule has 0 spiro atoms. The third-order valence-electron chi connectivity index (χ3n) is 4.46. The van der Waals surface area contributed by atoms with Gasteiger partial charge in [0.05, 0.1) is 16.6 Å². The van der Waals surface area contributed by atoms with E-state index < -0.39 is 11.7 Å². The van der Waals surface area contributed by atoms with Crippen LogP contribution in [0.4, 0.5) is 4.39 Å². The molecule has 0 saturated carbocycles. The Morgan fingerprint density at radius 1 is 1.16 bits per heavy atom. The molecule has 25 heavy (non-hydrogen) atoms. The third kappa shape index (κ3) is 4.32. The highest BCUT2D eigenvalue weighted by Gasteiger charge is 2.25. The van der Waals surface area contributed by atoms with Crippen LogP contribution in [0.2, 0.25) is 10.0 Å². The quantitative estimate of drug-likeness (QED) is 0.814. The minimum Gasteiger partial charge on any atom is -0.350 e. The second-order valence-corrected chi connectivity index (χ2v) is 6.96. The molecule has 0 bridgehead atoms. The highest BCUT2D eigenvalue weighted by molar-refractivity contribution is 6.33. The highest BCUT2D eigenvalue weighted by atomic mass is 35.5. The maximum absolute atomic E-state index is 13.9. The van der Waals surface area contributed by atoms with Crippen LogP contribution < -0.4 is 5.32 Å². The summed E-state index contributed by atoms with van der Waals surface area (Å²) in [6, 6.07) is 11.8. The molecular weight excluding hydrogens is 362 g/mol. The van der Waals surface area contributed by atoms with Crippen LogP contribution in [0, 0.1) is 5.82 Å². The van der Waals surface area contributed by atoms with E-state index in [1.54, 1.807) is 0 Å². The van der Waals surface area contributed by atoms with Crippen molar-refractivity contribution in [2.75, 3.05) is 19.6 Å². The van der Waals surface area contributed by atoms with Gasteiger partial charge in [0.2, 0.25) is 0 Å². The Morgan fingerprint density at radius 3 is 2.56 bits per heavy atom. The van der Waals surface area contributed by atoms with E-state index in [0.29, 0.717) is 11.6 Å². The lowest BCUT2D eigenvalue weighted by Crippen LogP contribution is -2.37. The zero-order valence-electron chi connectivity index (χ0n) is 13.6. The summed E-state index contributed by atoms with van der Waals surface area (Å²) in [7, 11) is 0. The van der Waals surface area contributed by atoms with E-state index in [2.05, 4.69) is 10.2 Å². The van der Waals surface area contributed by atoms with Crippen molar-refractivity contribution in [3.63, 3.8) is 0 Å². The Morgan fingerprint density at radius 2 is 1.88 bits per heavy atom. The van der Waals surface area contributed by atoms with Crippen molar-refractivity contribution < 1.29 is 9.18 Å². The second-order valence-electron chi connectivity index (χ2n) is 6.12. The fraction of sp³-hybridized carbons (Fsp3) is 0.316. The Labute approximate surface area is 156 Å². The number of hydrogen-bond donors (Lipinski definition) is 1. The first-order valence-electron chi connectivity index (χ1n) is 8.28. The van der Waals surface area contributed by atoms with Crippen LogP contribution in [0.1, 0.15) is 34.8 Å². The molecule has 6 heteroatoms. The van der Waals surface area contributed by atoms with Crippen molar-refractivity contribution in [1.29, 1.82) is 0 Å². The molecule has 1 amide bonds. The normalized spacial score (nSPS) is 16.0. The number of carbonyl (C=O) groups excluding carboxylic acids is 1. The van der Waals surface area contributed by atoms with Gasteiger partial charge in [-0.3, -0.25) is 9.69 Å². The first kappa shape index (κ1) is 18.2. The van der Waals surface area contributed by atoms with E-state index in [4.69, 9.17) is 23.2 Å². The van der Waals surface area contributed by atoms with Gasteiger partial charge in [0.15, 0.2) is 0 Å². The molecule has 1 fully saturated rings. The fourth-order valence-electron chi connectivity index (χ4n) is 3.22. The number of likely N-dealkylation sites (tertiary alicyclic amines) is 1. The van der Waals surface area contributed by atoms with Crippen LogP contribution >= 0.6 is 23.2 Å². The number of halogens is 3. The SMILES string of the molecule is O=C(NCC(c1cccc(Cl)c1)N1CCCC1)c1c(F)cccc1Cl. The third-order valence-corrected chi connectivity index (χ3v) is 5.01. The molecule has 1 N–H and O–H groups in total. The topological polar surface area (TPSA) is 32.3 Å². The van der Waals surface area contributed by atoms with Crippen molar-refractivity contribution in [2.45, 2.75) is 18.9 Å². The summed E-state index contributed by atoms with van der Waals surface area (Å²) < 4.78 is 13.9. The molecule has 0 aliphatic carbocycles. The van der Waals surface area contributed by atoms with E-state index in [1.807, 2.05) is 24.3 Å². The summed E-state index contributed by atoms with van der Waals surface area (Å²) in [5.74, 6) is -1.13. The summed E-state index contributed by atoms with van der Waals surface area (Å²) >= 11 is 12.1. The van der Waals surface area contributed by atoms with Gasteiger partial charge < -0.3 is 5.32 Å². The molecule has 3 rings (SSSR count). The molecule has 1 atom stereocenters. The molecule has 3 nitrogen and oxygen atoms in total. The fourth-order valence-corrected chi connectivity index (χ4v) is 3.66. The average Bonchev–Trinajstić information content (AvgIpc) is 3.09. The van der Waals surface area contributed by atoms with Crippen LogP contribution in [-0.4, -0.2) is 30.4 Å². The van der Waals surface area contributed by atoms with E-state index in [0.717, 1.165) is 31.5 Å². The van der Waals surface area contributed by atoms with Crippen molar-refractivity contribution in [2.24, 2.45) is 0 Å². The average molecular weight is 381 g/mol. The predicted molar refractivity (Wildman–Crippen MR) is 98.7 cm³/mol. The number of rotatable bonds is 5. The molecule has 1 aliphatic rings. The maximum atomic E-state index is 13.9. The molecule has 0 radical (unpaired) electrons. The molecule has 1 unspecified atom stereocenters. The van der Waals surface area contributed by atoms with Crippen LogP contribution in [-0.2, 0) is 0 Å². The Balaban J connectivity index is 1.78. The largest absolute Gasteiger partial charge is 0.350 e. The van der Waals surface area contributed by atoms with Gasteiger partial charge in [-0.2, -0.15) is 0 Å². The smallest absolute Gasteiger partial charge is 0.255 e. The van der Waals surface area contributed by atoms with E-state index in [9.17, 15) is 9.18 Å². The summed E-state index contributed by atoms with van der Waals surface area (Å²) in [5, 5.41) is 3.59. The summed E-state index contributed by atoms with van der Waals surface area (Å²) in [6.07, 6.45) is 2.26. The van der Waals surface area contributed by atoms with Crippen LogP contribution in [0.5, 0.6) is 0 Å². The Bertz CT molecular complexity index is 743. The van der Waals surface area contributed by atoms with E-state index >= 15 is 0 Å². The number of nitrogens with one attached hydrogen (secondary N) is 1. The van der Waals surface area contributed by atoms with Crippen LogP contribution in [0.15, 0.2) is 42.5 Å². The number of nitrogens with zero attached hydrogens (tertiary/aromatic N) is 1. The standard InChI is InChI=1S/C19H19Cl2FN2O/c20-14-6-3-5-13(11-14)17(24-9-1-2-10-24)12-23-19(25)18-15(21)7-4-8-16(18)22/h3-8,11,17H,1-2,9-10,12H2,(H,23,25). The number of carbonyl (C=O) groups is 1. The molecule has 0 aromatic heterocycles. The number of hydrogen-bond acceptors (Lipinski definition) is 2. The van der Waals surface area contributed by atoms with Crippen LogP contribution in [0.25, 0.3) is 0 Å². The van der Waals surface area contributed by atoms with Gasteiger partial charge in [-0.1, -0.05) is 41.4 Å². The van der Waals surface area contributed by atoms with Gasteiger partial charge in [-0.15, -0.1) is 0 Å². The lowest BCUT2D eigenvalue weighted by molar-refractivity contribution is 0.0934. The zero-order valence-corrected chi connectivity index (χ0v) is 15.2. The van der Waals surface area contributed by atoms with Gasteiger partial charge >= 0.3 is 0 Å². The molecule has 132 valence electrons. The number of benzene rings is 2. The highest BCUT2D eigenvalue weighted by Crippen LogP contribution is 2.27. The second kappa shape index (κ2) is 8.17. The van der Waals surface area contributed by atoms with Gasteiger partial charge in [0.25, 0.3) is 5.91 Å². The first-order valence-corrected chi connectivity index (χ1v) is 9.03. The van der Waals surface area contributed by atoms with Crippen molar-refractivity contribution in [3.05, 3.63) is 69.5 Å². The Kier molecular flexibility index (Phi) is 5.94. The molecular formula is C19H19Cl2FN2O. The van der Waals surface area contributed by atoms with Gasteiger partial charge in [-0.05, 0) is 55.8 Å². The Hall–Kier alpha value is -1.62. The lowest BCUT2D eigenvalue weighted by atomic mass is 10.1. The van der Waals surface area contributed by atoms with E-state index in [1.165, 1.54) is 18.2 Å². The van der Waals surface area contributed by atoms with Crippen molar-refractivity contribution in [3.8, 4) is 0 Å². The summed E-state index contributed by atoms with van der Waals surface area (Å²) in [4.78, 5) is 14.7. The molecule has 1 heterocycles. The van der Waals surface area contributed by atoms with Crippen molar-refractivity contribution in [1.82, 2.24) is 10.2 Å². The van der Waals surface area contributed by atoms with Gasteiger partial charge in [0, 0.05) is 11.6 Å².